The maximum absolute atomic E-state index is 11.6. The summed E-state index contributed by atoms with van der Waals surface area (Å²) in [5.74, 6) is 0. The molecule has 0 spiro atoms. The minimum absolute atomic E-state index is 0.217. The van der Waals surface area contributed by atoms with E-state index in [1.165, 1.54) is 0 Å². The molecule has 0 unspecified atom stereocenters. The molecule has 1 aromatic carbocycles. The van der Waals surface area contributed by atoms with Crippen molar-refractivity contribution >= 4 is 29.0 Å². The van der Waals surface area contributed by atoms with E-state index < -0.39 is 0 Å². The van der Waals surface area contributed by atoms with Crippen LogP contribution in [0.5, 0.6) is 0 Å². The maximum atomic E-state index is 11.6. The lowest BCUT2D eigenvalue weighted by Crippen LogP contribution is -2.34. The van der Waals surface area contributed by atoms with Crippen molar-refractivity contribution < 1.29 is 4.79 Å². The van der Waals surface area contributed by atoms with E-state index in [9.17, 15) is 4.79 Å². The second-order valence-corrected chi connectivity index (χ2v) is 5.70. The van der Waals surface area contributed by atoms with E-state index in [4.69, 9.17) is 11.6 Å². The maximum Gasteiger partial charge on any atom is 0.315 e. The molecule has 0 saturated carbocycles. The lowest BCUT2D eigenvalue weighted by molar-refractivity contribution is 0.240. The fraction of sp³-hybridized carbons (Fsp3) is 0.231. The smallest absolute Gasteiger partial charge is 0.315 e. The molecule has 0 fully saturated rings. The summed E-state index contributed by atoms with van der Waals surface area (Å²) in [6.07, 6.45) is 1.77. The molecule has 1 heterocycles. The molecule has 19 heavy (non-hydrogen) atoms. The molecule has 6 heteroatoms. The van der Waals surface area contributed by atoms with Crippen molar-refractivity contribution in [3.63, 3.8) is 0 Å². The van der Waals surface area contributed by atoms with Gasteiger partial charge in [0.25, 0.3) is 0 Å². The predicted molar refractivity (Wildman–Crippen MR) is 77.4 cm³/mol. The third-order valence-electron chi connectivity index (χ3n) is 2.49. The molecule has 0 aliphatic rings. The van der Waals surface area contributed by atoms with Gasteiger partial charge in [-0.1, -0.05) is 29.8 Å². The monoisotopic (exact) mass is 295 g/mol. The molecule has 0 bridgehead atoms. The molecule has 0 atom stereocenters. The third-order valence-corrected chi connectivity index (χ3v) is 3.77. The summed E-state index contributed by atoms with van der Waals surface area (Å²) in [4.78, 5) is 16.8. The number of nitrogens with one attached hydrogen (secondary N) is 2. The quantitative estimate of drug-likeness (QED) is 0.910. The van der Waals surface area contributed by atoms with Gasteiger partial charge in [-0.2, -0.15) is 0 Å². The fourth-order valence-electron chi connectivity index (χ4n) is 1.53. The van der Waals surface area contributed by atoms with Gasteiger partial charge in [-0.05, 0) is 18.6 Å². The van der Waals surface area contributed by atoms with E-state index in [1.54, 1.807) is 23.6 Å². The first-order valence-corrected chi connectivity index (χ1v) is 7.01. The predicted octanol–water partition coefficient (Wildman–Crippen LogP) is 3.10. The highest BCUT2D eigenvalue weighted by Crippen LogP contribution is 2.14. The van der Waals surface area contributed by atoms with E-state index in [1.807, 2.05) is 25.1 Å². The van der Waals surface area contributed by atoms with Gasteiger partial charge in [-0.3, -0.25) is 0 Å². The second kappa shape index (κ2) is 6.54. The van der Waals surface area contributed by atoms with Gasteiger partial charge < -0.3 is 10.6 Å². The zero-order valence-electron chi connectivity index (χ0n) is 10.4. The highest BCUT2D eigenvalue weighted by atomic mass is 35.5. The molecule has 0 radical (unpaired) electrons. The Labute approximate surface area is 120 Å². The number of amides is 2. The number of carbonyl (C=O) groups is 1. The van der Waals surface area contributed by atoms with Crippen LogP contribution in [0.4, 0.5) is 4.79 Å². The number of nitrogens with zero attached hydrogens (tertiary/aromatic N) is 1. The van der Waals surface area contributed by atoms with Crippen molar-refractivity contribution in [2.45, 2.75) is 20.0 Å². The van der Waals surface area contributed by atoms with Crippen LogP contribution in [0, 0.1) is 6.92 Å². The molecule has 0 aliphatic heterocycles. The topological polar surface area (TPSA) is 54.0 Å². The zero-order valence-corrected chi connectivity index (χ0v) is 12.0. The highest BCUT2D eigenvalue weighted by Gasteiger charge is 2.04. The Hall–Kier alpha value is -1.59. The highest BCUT2D eigenvalue weighted by molar-refractivity contribution is 7.11. The SMILES string of the molecule is Cc1ncc(CNC(=O)NCc2ccccc2Cl)s1. The number of carbonyl (C=O) groups excluding carboxylic acids is 1. The average Bonchev–Trinajstić information content (AvgIpc) is 2.81. The van der Waals surface area contributed by atoms with Crippen LogP contribution in [0.3, 0.4) is 0 Å². The second-order valence-electron chi connectivity index (χ2n) is 3.97. The van der Waals surface area contributed by atoms with Crippen LogP contribution in [-0.2, 0) is 13.1 Å². The minimum Gasteiger partial charge on any atom is -0.334 e. The van der Waals surface area contributed by atoms with Crippen LogP contribution in [-0.4, -0.2) is 11.0 Å². The number of thiazole rings is 1. The number of rotatable bonds is 4. The lowest BCUT2D eigenvalue weighted by atomic mass is 10.2. The van der Waals surface area contributed by atoms with Crippen LogP contribution < -0.4 is 10.6 Å². The van der Waals surface area contributed by atoms with Crippen molar-refractivity contribution in [2.24, 2.45) is 0 Å². The van der Waals surface area contributed by atoms with Crippen LogP contribution >= 0.6 is 22.9 Å². The summed E-state index contributed by atoms with van der Waals surface area (Å²) in [5.41, 5.74) is 0.896. The normalized spacial score (nSPS) is 10.2. The fourth-order valence-corrected chi connectivity index (χ4v) is 2.47. The first-order valence-electron chi connectivity index (χ1n) is 5.81. The molecule has 2 rings (SSSR count). The van der Waals surface area contributed by atoms with Crippen LogP contribution in [0.2, 0.25) is 5.02 Å². The van der Waals surface area contributed by atoms with Gasteiger partial charge in [0.1, 0.15) is 0 Å². The molecule has 2 amide bonds. The Bertz CT molecular complexity index is 571. The standard InChI is InChI=1S/C13H14ClN3OS/c1-9-15-7-11(19-9)8-17-13(18)16-6-10-4-2-3-5-12(10)14/h2-5,7H,6,8H2,1H3,(H2,16,17,18). The summed E-state index contributed by atoms with van der Waals surface area (Å²) in [7, 11) is 0. The van der Waals surface area contributed by atoms with Crippen molar-refractivity contribution in [1.29, 1.82) is 0 Å². The Balaban J connectivity index is 1.77. The summed E-state index contributed by atoms with van der Waals surface area (Å²) in [5, 5.41) is 7.19. The number of hydrogen-bond acceptors (Lipinski definition) is 3. The van der Waals surface area contributed by atoms with E-state index >= 15 is 0 Å². The molecule has 4 nitrogen and oxygen atoms in total. The molecule has 0 saturated heterocycles. The van der Waals surface area contributed by atoms with E-state index in [0.717, 1.165) is 15.4 Å². The molecule has 2 N–H and O–H groups in total. The van der Waals surface area contributed by atoms with Crippen molar-refractivity contribution in [1.82, 2.24) is 15.6 Å². The number of halogens is 1. The van der Waals surface area contributed by atoms with Gasteiger partial charge in [0.05, 0.1) is 11.6 Å². The number of hydrogen-bond donors (Lipinski definition) is 2. The third kappa shape index (κ3) is 4.22. The average molecular weight is 296 g/mol. The zero-order chi connectivity index (χ0) is 13.7. The lowest BCUT2D eigenvalue weighted by Gasteiger charge is -2.07. The van der Waals surface area contributed by atoms with Gasteiger partial charge >= 0.3 is 6.03 Å². The van der Waals surface area contributed by atoms with Gasteiger partial charge in [0, 0.05) is 22.6 Å². The number of benzene rings is 1. The Morgan fingerprint density at radius 1 is 1.32 bits per heavy atom. The Morgan fingerprint density at radius 3 is 2.74 bits per heavy atom. The Kier molecular flexibility index (Phi) is 4.76. The van der Waals surface area contributed by atoms with E-state index in [-0.39, 0.29) is 6.03 Å². The molecular formula is C13H14ClN3OS. The van der Waals surface area contributed by atoms with Gasteiger partial charge in [0.2, 0.25) is 0 Å². The first-order chi connectivity index (χ1) is 9.15. The minimum atomic E-state index is -0.217. The summed E-state index contributed by atoms with van der Waals surface area (Å²) in [6, 6.07) is 7.22. The first kappa shape index (κ1) is 13.8. The van der Waals surface area contributed by atoms with Crippen LogP contribution in [0.25, 0.3) is 0 Å². The molecule has 2 aromatic rings. The van der Waals surface area contributed by atoms with Crippen molar-refractivity contribution in [3.8, 4) is 0 Å². The van der Waals surface area contributed by atoms with Crippen LogP contribution in [0.15, 0.2) is 30.5 Å². The van der Waals surface area contributed by atoms with E-state index in [0.29, 0.717) is 18.1 Å². The van der Waals surface area contributed by atoms with Crippen LogP contribution in [0.1, 0.15) is 15.4 Å². The van der Waals surface area contributed by atoms with Crippen molar-refractivity contribution in [3.05, 3.63) is 50.9 Å². The molecule has 0 aliphatic carbocycles. The van der Waals surface area contributed by atoms with Gasteiger partial charge in [-0.15, -0.1) is 11.3 Å². The van der Waals surface area contributed by atoms with E-state index in [2.05, 4.69) is 15.6 Å². The number of urea groups is 1. The Morgan fingerprint density at radius 2 is 2.05 bits per heavy atom. The summed E-state index contributed by atoms with van der Waals surface area (Å²) < 4.78 is 0. The largest absolute Gasteiger partial charge is 0.334 e. The molecule has 100 valence electrons. The molecule has 1 aromatic heterocycles. The number of aryl methyl sites for hydroxylation is 1. The van der Waals surface area contributed by atoms with Crippen molar-refractivity contribution in [2.75, 3.05) is 0 Å². The summed E-state index contributed by atoms with van der Waals surface area (Å²) in [6.45, 7) is 2.83. The summed E-state index contributed by atoms with van der Waals surface area (Å²) >= 11 is 7.58. The van der Waals surface area contributed by atoms with Gasteiger partial charge in [-0.25, -0.2) is 9.78 Å². The number of aromatic nitrogens is 1. The molecular weight excluding hydrogens is 282 g/mol. The van der Waals surface area contributed by atoms with Gasteiger partial charge in [0.15, 0.2) is 0 Å².